The molecule has 1 aromatic heterocycles. The summed E-state index contributed by atoms with van der Waals surface area (Å²) in [5.74, 6) is 0. The highest BCUT2D eigenvalue weighted by atomic mass is 15.1. The van der Waals surface area contributed by atoms with Crippen LogP contribution in [0.25, 0.3) is 83.1 Å². The van der Waals surface area contributed by atoms with Crippen molar-refractivity contribution < 1.29 is 0 Å². The van der Waals surface area contributed by atoms with Gasteiger partial charge in [0.1, 0.15) is 0 Å². The Kier molecular flexibility index (Phi) is 8.95. The molecule has 0 saturated carbocycles. The lowest BCUT2D eigenvalue weighted by molar-refractivity contribution is 0.660. The van der Waals surface area contributed by atoms with E-state index >= 15 is 0 Å². The molecule has 0 spiro atoms. The molecule has 10 aromatic carbocycles. The van der Waals surface area contributed by atoms with Gasteiger partial charge in [-0.3, -0.25) is 0 Å². The number of hydrogen-bond donors (Lipinski definition) is 0. The van der Waals surface area contributed by atoms with Crippen LogP contribution >= 0.6 is 0 Å². The molecule has 0 saturated heterocycles. The summed E-state index contributed by atoms with van der Waals surface area (Å²) in [6.45, 7) is 9.47. The van der Waals surface area contributed by atoms with Crippen LogP contribution in [0.15, 0.2) is 231 Å². The minimum absolute atomic E-state index is 0.108. The Morgan fingerprint density at radius 3 is 1.43 bits per heavy atom. The summed E-state index contributed by atoms with van der Waals surface area (Å²) in [6, 6.07) is 85.5. The Morgan fingerprint density at radius 1 is 0.324 bits per heavy atom. The van der Waals surface area contributed by atoms with Crippen molar-refractivity contribution in [2.75, 3.05) is 4.90 Å². The third-order valence-electron chi connectivity index (χ3n) is 15.2. The normalized spacial score (nSPS) is 13.8. The molecule has 0 bridgehead atoms. The Labute approximate surface area is 399 Å². The van der Waals surface area contributed by atoms with Crippen molar-refractivity contribution in [3.8, 4) is 61.3 Å². The molecule has 13 rings (SSSR count). The van der Waals surface area contributed by atoms with E-state index in [1.54, 1.807) is 0 Å². The summed E-state index contributed by atoms with van der Waals surface area (Å²) >= 11 is 0. The summed E-state index contributed by atoms with van der Waals surface area (Å²) < 4.78 is 2.48. The first-order chi connectivity index (χ1) is 33.2. The maximum Gasteiger partial charge on any atom is 0.0544 e. The summed E-state index contributed by atoms with van der Waals surface area (Å²) in [5, 5.41) is 2.52. The fourth-order valence-corrected chi connectivity index (χ4v) is 11.7. The van der Waals surface area contributed by atoms with E-state index in [2.05, 4.69) is 268 Å². The van der Waals surface area contributed by atoms with E-state index in [-0.39, 0.29) is 10.8 Å². The summed E-state index contributed by atoms with van der Waals surface area (Å²) in [4.78, 5) is 2.45. The minimum atomic E-state index is -0.109. The van der Waals surface area contributed by atoms with Crippen LogP contribution in [0.2, 0.25) is 0 Å². The standard InChI is InChI=1S/C66H50N2/c1-65(2)58-23-14-12-21-53(58)64-59(65)24-15-25-62(64)67(49-33-26-45(27-34-49)43-16-7-5-8-17-43)50-35-30-47(31-36-50)48-32-39-61-55(40-48)56-41-54-52-20-11-13-22-57(52)66(3,4)60(54)42-63(56)68(61)51-37-28-46(29-38-51)44-18-9-6-10-19-44/h5-42H,1-4H3. The zero-order valence-corrected chi connectivity index (χ0v) is 38.8. The van der Waals surface area contributed by atoms with Gasteiger partial charge in [-0.05, 0) is 139 Å². The molecule has 0 fully saturated rings. The number of anilines is 3. The van der Waals surface area contributed by atoms with Crippen LogP contribution in [0.4, 0.5) is 17.1 Å². The van der Waals surface area contributed by atoms with E-state index in [0.29, 0.717) is 0 Å². The van der Waals surface area contributed by atoms with Crippen LogP contribution in [0.3, 0.4) is 0 Å². The zero-order chi connectivity index (χ0) is 45.7. The van der Waals surface area contributed by atoms with Gasteiger partial charge in [0, 0.05) is 44.2 Å². The van der Waals surface area contributed by atoms with Crippen molar-refractivity contribution in [2.24, 2.45) is 0 Å². The predicted octanol–water partition coefficient (Wildman–Crippen LogP) is 17.9. The molecule has 0 aliphatic heterocycles. The van der Waals surface area contributed by atoms with Crippen LogP contribution in [-0.4, -0.2) is 4.57 Å². The lowest BCUT2D eigenvalue weighted by Crippen LogP contribution is -2.16. The van der Waals surface area contributed by atoms with Crippen LogP contribution in [0, 0.1) is 0 Å². The van der Waals surface area contributed by atoms with E-state index < -0.39 is 0 Å². The largest absolute Gasteiger partial charge is 0.310 e. The molecule has 2 aliphatic rings. The molecule has 324 valence electrons. The molecule has 11 aromatic rings. The number of benzene rings is 10. The number of aromatic nitrogens is 1. The number of nitrogens with zero attached hydrogens (tertiary/aromatic N) is 2. The van der Waals surface area contributed by atoms with Gasteiger partial charge < -0.3 is 9.47 Å². The minimum Gasteiger partial charge on any atom is -0.310 e. The van der Waals surface area contributed by atoms with Gasteiger partial charge in [0.05, 0.1) is 16.7 Å². The molecule has 0 unspecified atom stereocenters. The first-order valence-electron chi connectivity index (χ1n) is 23.9. The number of fused-ring (bicyclic) bond motifs is 9. The van der Waals surface area contributed by atoms with E-state index in [9.17, 15) is 0 Å². The number of hydrogen-bond acceptors (Lipinski definition) is 1. The Hall–Kier alpha value is -8.20. The Morgan fingerprint density at radius 2 is 0.794 bits per heavy atom. The third kappa shape index (κ3) is 6.10. The van der Waals surface area contributed by atoms with Crippen LogP contribution in [0.1, 0.15) is 49.9 Å². The highest BCUT2D eigenvalue weighted by molar-refractivity contribution is 6.13. The molecular weight excluding hydrogens is 821 g/mol. The van der Waals surface area contributed by atoms with E-state index in [1.807, 2.05) is 0 Å². The van der Waals surface area contributed by atoms with Crippen molar-refractivity contribution in [3.63, 3.8) is 0 Å². The van der Waals surface area contributed by atoms with Crippen LogP contribution in [-0.2, 0) is 10.8 Å². The molecule has 2 aliphatic carbocycles. The monoisotopic (exact) mass is 870 g/mol. The average molecular weight is 871 g/mol. The second-order valence-corrected chi connectivity index (χ2v) is 19.7. The maximum absolute atomic E-state index is 2.48. The molecule has 2 heteroatoms. The molecule has 0 N–H and O–H groups in total. The smallest absolute Gasteiger partial charge is 0.0544 e. The zero-order valence-electron chi connectivity index (χ0n) is 38.8. The highest BCUT2D eigenvalue weighted by Gasteiger charge is 2.38. The second-order valence-electron chi connectivity index (χ2n) is 19.7. The van der Waals surface area contributed by atoms with Gasteiger partial charge in [0.2, 0.25) is 0 Å². The molecule has 0 amide bonds. The van der Waals surface area contributed by atoms with E-state index in [0.717, 1.165) is 17.1 Å². The van der Waals surface area contributed by atoms with Gasteiger partial charge in [0.25, 0.3) is 0 Å². The second kappa shape index (κ2) is 15.2. The SMILES string of the molecule is CC1(C)c2ccccc2-c2cc3c4cc(-c5ccc(N(c6ccc(-c7ccccc7)cc6)c6cccc7c6-c6ccccc6C7(C)C)cc5)ccc4n(-c4ccc(-c5ccccc5)cc4)c3cc21. The first-order valence-corrected chi connectivity index (χ1v) is 23.9. The fourth-order valence-electron chi connectivity index (χ4n) is 11.7. The molecule has 0 radical (unpaired) electrons. The first kappa shape index (κ1) is 40.1. The molecule has 2 nitrogen and oxygen atoms in total. The topological polar surface area (TPSA) is 8.17 Å². The van der Waals surface area contributed by atoms with Crippen LogP contribution < -0.4 is 4.90 Å². The maximum atomic E-state index is 2.48. The van der Waals surface area contributed by atoms with Gasteiger partial charge in [-0.25, -0.2) is 0 Å². The molecule has 0 atom stereocenters. The Bertz CT molecular complexity index is 3740. The van der Waals surface area contributed by atoms with Gasteiger partial charge in [0.15, 0.2) is 0 Å². The summed E-state index contributed by atoms with van der Waals surface area (Å²) in [6.07, 6.45) is 0. The number of rotatable bonds is 7. The van der Waals surface area contributed by atoms with E-state index in [4.69, 9.17) is 0 Å². The van der Waals surface area contributed by atoms with Gasteiger partial charge in [-0.1, -0.05) is 191 Å². The van der Waals surface area contributed by atoms with Crippen molar-refractivity contribution in [1.82, 2.24) is 4.57 Å². The highest BCUT2D eigenvalue weighted by Crippen LogP contribution is 2.55. The van der Waals surface area contributed by atoms with Crippen molar-refractivity contribution in [2.45, 2.75) is 38.5 Å². The lowest BCUT2D eigenvalue weighted by atomic mass is 9.82. The quantitative estimate of drug-likeness (QED) is 0.155. The Balaban J connectivity index is 0.952. The average Bonchev–Trinajstić information content (AvgIpc) is 3.93. The summed E-state index contributed by atoms with van der Waals surface area (Å²) in [5.41, 5.74) is 24.8. The van der Waals surface area contributed by atoms with Crippen molar-refractivity contribution in [3.05, 3.63) is 253 Å². The van der Waals surface area contributed by atoms with Gasteiger partial charge >= 0.3 is 0 Å². The van der Waals surface area contributed by atoms with Gasteiger partial charge in [-0.2, -0.15) is 0 Å². The summed E-state index contributed by atoms with van der Waals surface area (Å²) in [7, 11) is 0. The van der Waals surface area contributed by atoms with E-state index in [1.165, 1.54) is 105 Å². The van der Waals surface area contributed by atoms with Gasteiger partial charge in [-0.15, -0.1) is 0 Å². The lowest BCUT2D eigenvalue weighted by Gasteiger charge is -2.29. The third-order valence-corrected chi connectivity index (χ3v) is 15.2. The van der Waals surface area contributed by atoms with Crippen LogP contribution in [0.5, 0.6) is 0 Å². The molecule has 68 heavy (non-hydrogen) atoms. The molecule has 1 heterocycles. The fraction of sp³-hybridized carbons (Fsp3) is 0.0909. The predicted molar refractivity (Wildman–Crippen MR) is 287 cm³/mol. The molecular formula is C66H50N2. The van der Waals surface area contributed by atoms with Crippen molar-refractivity contribution in [1.29, 1.82) is 0 Å². The van der Waals surface area contributed by atoms with Crippen molar-refractivity contribution >= 4 is 38.9 Å².